The predicted molar refractivity (Wildman–Crippen MR) is 118 cm³/mol. The van der Waals surface area contributed by atoms with Crippen molar-refractivity contribution in [3.8, 4) is 17.2 Å². The van der Waals surface area contributed by atoms with Gasteiger partial charge in [0.15, 0.2) is 11.5 Å². The molecule has 0 fully saturated rings. The zero-order valence-electron chi connectivity index (χ0n) is 18.2. The Labute approximate surface area is 182 Å². The summed E-state index contributed by atoms with van der Waals surface area (Å²) in [4.78, 5) is 2.10. The monoisotopic (exact) mass is 423 g/mol. The number of hydrogen-bond acceptors (Lipinski definition) is 6. The molecular formula is C24H29N3O4. The first-order valence-electron chi connectivity index (χ1n) is 10.4. The molecule has 0 saturated carbocycles. The first-order chi connectivity index (χ1) is 15.0. The van der Waals surface area contributed by atoms with Crippen LogP contribution in [0, 0.1) is 13.8 Å². The lowest BCUT2D eigenvalue weighted by molar-refractivity contribution is 0.0126. The highest BCUT2D eigenvalue weighted by Gasteiger charge is 2.17. The third kappa shape index (κ3) is 5.07. The maximum absolute atomic E-state index is 10.4. The molecule has 0 bridgehead atoms. The van der Waals surface area contributed by atoms with Crippen LogP contribution in [0.15, 0.2) is 48.5 Å². The number of hydrogen-bond donors (Lipinski definition) is 1. The number of aliphatic hydroxyl groups excluding tert-OH is 1. The molecule has 1 atom stereocenters. The SMILES string of the molecule is Cc1nn(-c2ccccc2)c(C)c1CN(C)CC(O)COCc1ccc2c(c1)OCO2. The van der Waals surface area contributed by atoms with Gasteiger partial charge in [-0.1, -0.05) is 24.3 Å². The van der Waals surface area contributed by atoms with Crippen LogP contribution in [0.2, 0.25) is 0 Å². The largest absolute Gasteiger partial charge is 0.454 e. The number of likely N-dealkylation sites (N-methyl/N-ethyl adjacent to an activating group) is 1. The van der Waals surface area contributed by atoms with Crippen molar-refractivity contribution in [3.05, 3.63) is 71.0 Å². The van der Waals surface area contributed by atoms with Gasteiger partial charge in [-0.25, -0.2) is 4.68 Å². The Hall–Kier alpha value is -2.87. The van der Waals surface area contributed by atoms with Gasteiger partial charge < -0.3 is 19.3 Å². The predicted octanol–water partition coefficient (Wildman–Crippen LogP) is 3.23. The van der Waals surface area contributed by atoms with Crippen molar-refractivity contribution < 1.29 is 19.3 Å². The molecule has 7 heteroatoms. The molecule has 1 aromatic heterocycles. The minimum atomic E-state index is -0.580. The van der Waals surface area contributed by atoms with Crippen molar-refractivity contribution in [2.45, 2.75) is 33.1 Å². The van der Waals surface area contributed by atoms with Gasteiger partial charge in [0.05, 0.1) is 30.7 Å². The van der Waals surface area contributed by atoms with E-state index in [2.05, 4.69) is 11.8 Å². The molecule has 0 spiro atoms. The third-order valence-electron chi connectivity index (χ3n) is 5.41. The summed E-state index contributed by atoms with van der Waals surface area (Å²) in [6.07, 6.45) is -0.580. The van der Waals surface area contributed by atoms with Crippen LogP contribution in [0.5, 0.6) is 11.5 Å². The van der Waals surface area contributed by atoms with Gasteiger partial charge >= 0.3 is 0 Å². The number of rotatable bonds is 9. The van der Waals surface area contributed by atoms with Crippen LogP contribution in [-0.2, 0) is 17.9 Å². The van der Waals surface area contributed by atoms with Crippen LogP contribution < -0.4 is 9.47 Å². The van der Waals surface area contributed by atoms with Gasteiger partial charge in [0, 0.05) is 24.3 Å². The Morgan fingerprint density at radius 3 is 2.71 bits per heavy atom. The molecule has 1 aliphatic heterocycles. The summed E-state index contributed by atoms with van der Waals surface area (Å²) < 4.78 is 18.4. The van der Waals surface area contributed by atoms with Crippen LogP contribution in [0.1, 0.15) is 22.5 Å². The van der Waals surface area contributed by atoms with Gasteiger partial charge in [-0.2, -0.15) is 5.10 Å². The van der Waals surface area contributed by atoms with E-state index in [1.807, 2.05) is 67.2 Å². The Morgan fingerprint density at radius 2 is 1.90 bits per heavy atom. The van der Waals surface area contributed by atoms with Crippen LogP contribution in [0.4, 0.5) is 0 Å². The summed E-state index contributed by atoms with van der Waals surface area (Å²) in [6, 6.07) is 15.9. The van der Waals surface area contributed by atoms with E-state index in [-0.39, 0.29) is 13.4 Å². The second-order valence-corrected chi connectivity index (χ2v) is 7.95. The van der Waals surface area contributed by atoms with Crippen LogP contribution >= 0.6 is 0 Å². The molecule has 0 amide bonds. The number of benzene rings is 2. The molecule has 2 heterocycles. The van der Waals surface area contributed by atoms with Gasteiger partial charge in [0.25, 0.3) is 0 Å². The topological polar surface area (TPSA) is 69.0 Å². The lowest BCUT2D eigenvalue weighted by atomic mass is 10.1. The maximum Gasteiger partial charge on any atom is 0.231 e. The van der Waals surface area contributed by atoms with E-state index in [9.17, 15) is 5.11 Å². The van der Waals surface area contributed by atoms with Gasteiger partial charge in [0.1, 0.15) is 0 Å². The average Bonchev–Trinajstić information content (AvgIpc) is 3.33. The minimum Gasteiger partial charge on any atom is -0.454 e. The van der Waals surface area contributed by atoms with E-state index in [0.29, 0.717) is 19.7 Å². The molecule has 0 radical (unpaired) electrons. The van der Waals surface area contributed by atoms with Gasteiger partial charge in [-0.3, -0.25) is 4.90 Å². The Bertz CT molecular complexity index is 1020. The lowest BCUT2D eigenvalue weighted by Gasteiger charge is -2.21. The fraction of sp³-hybridized carbons (Fsp3) is 0.375. The zero-order chi connectivity index (χ0) is 21.8. The molecule has 31 heavy (non-hydrogen) atoms. The summed E-state index contributed by atoms with van der Waals surface area (Å²) in [5, 5.41) is 15.1. The summed E-state index contributed by atoms with van der Waals surface area (Å²) >= 11 is 0. The average molecular weight is 424 g/mol. The van der Waals surface area contributed by atoms with Crippen LogP contribution in [0.25, 0.3) is 5.69 Å². The highest BCUT2D eigenvalue weighted by molar-refractivity contribution is 5.44. The summed E-state index contributed by atoms with van der Waals surface area (Å²) in [6.45, 7) is 6.27. The molecule has 7 nitrogen and oxygen atoms in total. The number of fused-ring (bicyclic) bond motifs is 1. The van der Waals surface area contributed by atoms with E-state index in [0.717, 1.165) is 34.1 Å². The first kappa shape index (κ1) is 21.4. The van der Waals surface area contributed by atoms with Crippen LogP contribution in [-0.4, -0.2) is 52.9 Å². The quantitative estimate of drug-likeness (QED) is 0.570. The number of aromatic nitrogens is 2. The molecule has 1 aliphatic rings. The Balaban J connectivity index is 1.28. The summed E-state index contributed by atoms with van der Waals surface area (Å²) in [7, 11) is 2.00. The van der Waals surface area contributed by atoms with Crippen molar-refractivity contribution in [2.24, 2.45) is 0 Å². The van der Waals surface area contributed by atoms with Gasteiger partial charge in [-0.05, 0) is 50.7 Å². The fourth-order valence-electron chi connectivity index (χ4n) is 3.81. The van der Waals surface area contributed by atoms with Crippen molar-refractivity contribution >= 4 is 0 Å². The lowest BCUT2D eigenvalue weighted by Crippen LogP contribution is -2.32. The number of aliphatic hydroxyl groups is 1. The molecule has 0 aliphatic carbocycles. The number of ether oxygens (including phenoxy) is 3. The van der Waals surface area contributed by atoms with E-state index in [1.54, 1.807) is 0 Å². The second kappa shape index (κ2) is 9.51. The number of para-hydroxylation sites is 1. The smallest absolute Gasteiger partial charge is 0.231 e. The maximum atomic E-state index is 10.4. The third-order valence-corrected chi connectivity index (χ3v) is 5.41. The molecule has 1 N–H and O–H groups in total. The molecule has 164 valence electrons. The molecule has 3 aromatic rings. The summed E-state index contributed by atoms with van der Waals surface area (Å²) in [5.74, 6) is 1.50. The highest BCUT2D eigenvalue weighted by atomic mass is 16.7. The molecular weight excluding hydrogens is 394 g/mol. The minimum absolute atomic E-state index is 0.258. The number of nitrogens with zero attached hydrogens (tertiary/aromatic N) is 3. The highest BCUT2D eigenvalue weighted by Crippen LogP contribution is 2.32. The standard InChI is InChI=1S/C24H29N3O4/c1-17-22(18(2)27(25-17)20-7-5-4-6-8-20)13-26(3)12-21(28)15-29-14-19-9-10-23-24(11-19)31-16-30-23/h4-11,21,28H,12-16H2,1-3H3. The Morgan fingerprint density at radius 1 is 1.13 bits per heavy atom. The molecule has 4 rings (SSSR count). The second-order valence-electron chi connectivity index (χ2n) is 7.95. The van der Waals surface area contributed by atoms with E-state index < -0.39 is 6.10 Å². The fourth-order valence-corrected chi connectivity index (χ4v) is 3.81. The van der Waals surface area contributed by atoms with Crippen molar-refractivity contribution in [1.82, 2.24) is 14.7 Å². The van der Waals surface area contributed by atoms with Gasteiger partial charge in [-0.15, -0.1) is 0 Å². The zero-order valence-corrected chi connectivity index (χ0v) is 18.2. The first-order valence-corrected chi connectivity index (χ1v) is 10.4. The normalized spacial score (nSPS) is 13.7. The van der Waals surface area contributed by atoms with E-state index >= 15 is 0 Å². The van der Waals surface area contributed by atoms with Crippen LogP contribution in [0.3, 0.4) is 0 Å². The van der Waals surface area contributed by atoms with Crippen molar-refractivity contribution in [3.63, 3.8) is 0 Å². The summed E-state index contributed by atoms with van der Waals surface area (Å²) in [5.41, 5.74) is 5.34. The van der Waals surface area contributed by atoms with Gasteiger partial charge in [0.2, 0.25) is 6.79 Å². The van der Waals surface area contributed by atoms with E-state index in [4.69, 9.17) is 19.3 Å². The van der Waals surface area contributed by atoms with Crippen molar-refractivity contribution in [2.75, 3.05) is 27.0 Å². The molecule has 2 aromatic carbocycles. The van der Waals surface area contributed by atoms with Crippen molar-refractivity contribution in [1.29, 1.82) is 0 Å². The number of aryl methyl sites for hydroxylation is 1. The Kier molecular flexibility index (Phi) is 6.56. The molecule has 0 saturated heterocycles. The van der Waals surface area contributed by atoms with E-state index in [1.165, 1.54) is 5.56 Å². The molecule has 1 unspecified atom stereocenters.